The molecule has 0 atom stereocenters. The van der Waals surface area contributed by atoms with E-state index in [-0.39, 0.29) is 0 Å². The molecule has 0 spiro atoms. The molecular weight excluding hydrogens is 164 g/mol. The monoisotopic (exact) mass is 176 g/mol. The maximum Gasteiger partial charge on any atom is 0.115 e. The van der Waals surface area contributed by atoms with Crippen molar-refractivity contribution in [1.82, 2.24) is 9.38 Å². The van der Waals surface area contributed by atoms with Crippen LogP contribution >= 0.6 is 0 Å². The molecule has 2 heterocycles. The van der Waals surface area contributed by atoms with Crippen LogP contribution in [0.4, 0.5) is 0 Å². The molecule has 2 aromatic heterocycles. The number of ether oxygens (including phenoxy) is 1. The molecule has 0 unspecified atom stereocenters. The number of aromatic nitrogens is 2. The Morgan fingerprint density at radius 2 is 2.38 bits per heavy atom. The molecule has 2 aromatic rings. The first-order valence-electron chi connectivity index (χ1n) is 4.32. The molecule has 3 nitrogen and oxygen atoms in total. The molecule has 0 aliphatic heterocycles. The number of nitrogens with zero attached hydrogens (tertiary/aromatic N) is 2. The summed E-state index contributed by atoms with van der Waals surface area (Å²) in [6.45, 7) is 0.716. The summed E-state index contributed by atoms with van der Waals surface area (Å²) in [7, 11) is 1.70. The van der Waals surface area contributed by atoms with Gasteiger partial charge in [-0.15, -0.1) is 0 Å². The molecule has 0 bridgehead atoms. The third-order valence-electron chi connectivity index (χ3n) is 2.05. The summed E-state index contributed by atoms with van der Waals surface area (Å²) in [5.41, 5.74) is 1.13. The predicted molar refractivity (Wildman–Crippen MR) is 50.8 cm³/mol. The van der Waals surface area contributed by atoms with Gasteiger partial charge in [0.05, 0.1) is 18.3 Å². The Kier molecular flexibility index (Phi) is 2.27. The average molecular weight is 176 g/mol. The fourth-order valence-electron chi connectivity index (χ4n) is 1.38. The van der Waals surface area contributed by atoms with Crippen LogP contribution in [0.25, 0.3) is 5.52 Å². The highest BCUT2D eigenvalue weighted by Crippen LogP contribution is 2.06. The molecule has 0 N–H and O–H groups in total. The predicted octanol–water partition coefficient (Wildman–Crippen LogP) is 1.52. The maximum atomic E-state index is 5.01. The van der Waals surface area contributed by atoms with Crippen molar-refractivity contribution in [2.45, 2.75) is 6.42 Å². The van der Waals surface area contributed by atoms with Crippen LogP contribution in [0, 0.1) is 0 Å². The van der Waals surface area contributed by atoms with E-state index in [2.05, 4.69) is 9.38 Å². The van der Waals surface area contributed by atoms with Gasteiger partial charge in [0.15, 0.2) is 0 Å². The second-order valence-electron chi connectivity index (χ2n) is 2.91. The zero-order chi connectivity index (χ0) is 9.10. The Balaban J connectivity index is 2.35. The van der Waals surface area contributed by atoms with Crippen LogP contribution in [0.15, 0.2) is 30.6 Å². The number of hydrogen-bond acceptors (Lipinski definition) is 2. The summed E-state index contributed by atoms with van der Waals surface area (Å²) in [6.07, 6.45) is 4.76. The van der Waals surface area contributed by atoms with E-state index in [9.17, 15) is 0 Å². The highest BCUT2D eigenvalue weighted by molar-refractivity contribution is 5.45. The van der Waals surface area contributed by atoms with E-state index < -0.39 is 0 Å². The van der Waals surface area contributed by atoms with Crippen LogP contribution in [-0.4, -0.2) is 23.1 Å². The van der Waals surface area contributed by atoms with E-state index in [0.717, 1.165) is 17.8 Å². The van der Waals surface area contributed by atoms with Gasteiger partial charge in [0.1, 0.15) is 5.82 Å². The third kappa shape index (κ3) is 1.55. The lowest BCUT2D eigenvalue weighted by Gasteiger charge is -1.99. The van der Waals surface area contributed by atoms with Gasteiger partial charge in [0.25, 0.3) is 0 Å². The number of hydrogen-bond donors (Lipinski definition) is 0. The second kappa shape index (κ2) is 3.58. The van der Waals surface area contributed by atoms with E-state index in [4.69, 9.17) is 4.74 Å². The maximum absolute atomic E-state index is 5.01. The molecule has 68 valence electrons. The first kappa shape index (κ1) is 8.26. The Bertz CT molecular complexity index is 394. The Morgan fingerprint density at radius 3 is 3.23 bits per heavy atom. The third-order valence-corrected chi connectivity index (χ3v) is 2.05. The SMILES string of the molecule is COCCc1ncc2ccccn12. The lowest BCUT2D eigenvalue weighted by atomic mass is 10.4. The quantitative estimate of drug-likeness (QED) is 0.708. The van der Waals surface area contributed by atoms with Gasteiger partial charge in [0, 0.05) is 19.7 Å². The minimum absolute atomic E-state index is 0.716. The van der Waals surface area contributed by atoms with Crippen LogP contribution in [-0.2, 0) is 11.2 Å². The van der Waals surface area contributed by atoms with Crippen LogP contribution in [0.3, 0.4) is 0 Å². The van der Waals surface area contributed by atoms with E-state index in [1.165, 1.54) is 0 Å². The number of methoxy groups -OCH3 is 1. The Labute approximate surface area is 77.0 Å². The Morgan fingerprint density at radius 1 is 1.46 bits per heavy atom. The molecule has 0 saturated carbocycles. The highest BCUT2D eigenvalue weighted by Gasteiger charge is 2.00. The summed E-state index contributed by atoms with van der Waals surface area (Å²) >= 11 is 0. The number of fused-ring (bicyclic) bond motifs is 1. The standard InChI is InChI=1S/C10H12N2O/c1-13-7-5-10-11-8-9-4-2-3-6-12(9)10/h2-4,6,8H,5,7H2,1H3. The number of imidazole rings is 1. The summed E-state index contributed by atoms with van der Waals surface area (Å²) in [5.74, 6) is 1.05. The van der Waals surface area contributed by atoms with E-state index in [1.807, 2.05) is 30.6 Å². The van der Waals surface area contributed by atoms with Gasteiger partial charge in [-0.1, -0.05) is 6.07 Å². The van der Waals surface area contributed by atoms with Crippen LogP contribution in [0.5, 0.6) is 0 Å². The van der Waals surface area contributed by atoms with Gasteiger partial charge >= 0.3 is 0 Å². The van der Waals surface area contributed by atoms with Crippen molar-refractivity contribution in [3.8, 4) is 0 Å². The summed E-state index contributed by atoms with van der Waals surface area (Å²) in [6, 6.07) is 6.06. The van der Waals surface area contributed by atoms with Crippen molar-refractivity contribution in [3.05, 3.63) is 36.4 Å². The molecule has 2 rings (SSSR count). The van der Waals surface area contributed by atoms with Crippen molar-refractivity contribution in [2.75, 3.05) is 13.7 Å². The van der Waals surface area contributed by atoms with Crippen molar-refractivity contribution in [3.63, 3.8) is 0 Å². The van der Waals surface area contributed by atoms with Gasteiger partial charge in [-0.2, -0.15) is 0 Å². The summed E-state index contributed by atoms with van der Waals surface area (Å²) < 4.78 is 7.09. The zero-order valence-corrected chi connectivity index (χ0v) is 7.60. The lowest BCUT2D eigenvalue weighted by molar-refractivity contribution is 0.200. The molecule has 3 heteroatoms. The number of pyridine rings is 1. The second-order valence-corrected chi connectivity index (χ2v) is 2.91. The van der Waals surface area contributed by atoms with Gasteiger partial charge in [0.2, 0.25) is 0 Å². The molecule has 0 saturated heterocycles. The van der Waals surface area contributed by atoms with E-state index >= 15 is 0 Å². The molecule has 0 radical (unpaired) electrons. The van der Waals surface area contributed by atoms with Gasteiger partial charge in [-0.3, -0.25) is 0 Å². The van der Waals surface area contributed by atoms with E-state index in [1.54, 1.807) is 7.11 Å². The topological polar surface area (TPSA) is 26.5 Å². The molecule has 0 aromatic carbocycles. The van der Waals surface area contributed by atoms with Crippen molar-refractivity contribution in [1.29, 1.82) is 0 Å². The number of rotatable bonds is 3. The normalized spacial score (nSPS) is 10.8. The zero-order valence-electron chi connectivity index (χ0n) is 7.60. The van der Waals surface area contributed by atoms with Crippen molar-refractivity contribution < 1.29 is 4.74 Å². The minimum atomic E-state index is 0.716. The van der Waals surface area contributed by atoms with Crippen LogP contribution in [0.2, 0.25) is 0 Å². The molecule has 0 aliphatic rings. The fraction of sp³-hybridized carbons (Fsp3) is 0.300. The minimum Gasteiger partial charge on any atom is -0.384 e. The fourth-order valence-corrected chi connectivity index (χ4v) is 1.38. The first-order chi connectivity index (χ1) is 6.42. The van der Waals surface area contributed by atoms with Gasteiger partial charge in [-0.05, 0) is 12.1 Å². The van der Waals surface area contributed by atoms with Crippen molar-refractivity contribution >= 4 is 5.52 Å². The molecule has 13 heavy (non-hydrogen) atoms. The lowest BCUT2D eigenvalue weighted by Crippen LogP contribution is -1.99. The summed E-state index contributed by atoms with van der Waals surface area (Å²) in [5, 5.41) is 0. The summed E-state index contributed by atoms with van der Waals surface area (Å²) in [4.78, 5) is 4.32. The first-order valence-corrected chi connectivity index (χ1v) is 4.32. The Hall–Kier alpha value is -1.35. The van der Waals surface area contributed by atoms with E-state index in [0.29, 0.717) is 6.61 Å². The average Bonchev–Trinajstić information content (AvgIpc) is 2.58. The van der Waals surface area contributed by atoms with Crippen LogP contribution in [0.1, 0.15) is 5.82 Å². The molecule has 0 aliphatic carbocycles. The molecule has 0 amide bonds. The van der Waals surface area contributed by atoms with Gasteiger partial charge < -0.3 is 9.14 Å². The van der Waals surface area contributed by atoms with Crippen molar-refractivity contribution in [2.24, 2.45) is 0 Å². The van der Waals surface area contributed by atoms with Gasteiger partial charge in [-0.25, -0.2) is 4.98 Å². The molecule has 0 fully saturated rings. The largest absolute Gasteiger partial charge is 0.384 e. The van der Waals surface area contributed by atoms with Crippen LogP contribution < -0.4 is 0 Å². The highest BCUT2D eigenvalue weighted by atomic mass is 16.5. The molecular formula is C10H12N2O. The smallest absolute Gasteiger partial charge is 0.115 e.